The van der Waals surface area contributed by atoms with Gasteiger partial charge < -0.3 is 20.1 Å². The summed E-state index contributed by atoms with van der Waals surface area (Å²) < 4.78 is 6.60. The molecule has 7 heteroatoms. The van der Waals surface area contributed by atoms with Gasteiger partial charge in [0.1, 0.15) is 11.8 Å². The zero-order chi connectivity index (χ0) is 21.0. The largest absolute Gasteiger partial charge is 0.483 e. The third-order valence-corrected chi connectivity index (χ3v) is 5.18. The van der Waals surface area contributed by atoms with Gasteiger partial charge in [-0.05, 0) is 41.3 Å². The number of aromatic amines is 1. The highest BCUT2D eigenvalue weighted by molar-refractivity contribution is 9.10. The van der Waals surface area contributed by atoms with Crippen LogP contribution in [0.3, 0.4) is 0 Å². The number of ether oxygens (including phenoxy) is 1. The van der Waals surface area contributed by atoms with Crippen molar-refractivity contribution in [3.8, 4) is 5.75 Å². The van der Waals surface area contributed by atoms with Crippen molar-refractivity contribution in [1.82, 2.24) is 10.3 Å². The van der Waals surface area contributed by atoms with E-state index >= 15 is 0 Å². The summed E-state index contributed by atoms with van der Waals surface area (Å²) in [5.41, 5.74) is 2.74. The number of nitrogens with one attached hydrogen (secondary N) is 2. The summed E-state index contributed by atoms with van der Waals surface area (Å²) >= 11 is 3.44. The van der Waals surface area contributed by atoms with Crippen molar-refractivity contribution in [2.45, 2.75) is 32.2 Å². The molecular formula is C22H23BrN2O4. The highest BCUT2D eigenvalue weighted by Crippen LogP contribution is 2.29. The van der Waals surface area contributed by atoms with Gasteiger partial charge in [0.15, 0.2) is 6.61 Å². The summed E-state index contributed by atoms with van der Waals surface area (Å²) in [6.07, 6.45) is 1.96. The first-order chi connectivity index (χ1) is 13.8. The molecule has 1 amide bonds. The van der Waals surface area contributed by atoms with Crippen molar-refractivity contribution in [3.05, 3.63) is 64.3 Å². The summed E-state index contributed by atoms with van der Waals surface area (Å²) in [7, 11) is 0. The number of aromatic nitrogens is 1. The molecule has 0 saturated carbocycles. The fraction of sp³-hybridized carbons (Fsp3) is 0.273. The van der Waals surface area contributed by atoms with Crippen molar-refractivity contribution in [2.75, 3.05) is 6.61 Å². The number of carboxylic acids is 1. The molecule has 0 aliphatic carbocycles. The summed E-state index contributed by atoms with van der Waals surface area (Å²) in [5, 5.41) is 13.1. The van der Waals surface area contributed by atoms with E-state index in [4.69, 9.17) is 4.74 Å². The van der Waals surface area contributed by atoms with Gasteiger partial charge in [-0.3, -0.25) is 4.79 Å². The number of amides is 1. The molecule has 0 radical (unpaired) electrons. The number of benzene rings is 2. The average Bonchev–Trinajstić information content (AvgIpc) is 3.09. The lowest BCUT2D eigenvalue weighted by Gasteiger charge is -2.17. The lowest BCUT2D eigenvalue weighted by molar-refractivity contribution is -0.142. The zero-order valence-corrected chi connectivity index (χ0v) is 17.8. The fourth-order valence-corrected chi connectivity index (χ4v) is 3.58. The maximum atomic E-state index is 12.4. The molecule has 1 heterocycles. The second-order valence-electron chi connectivity index (χ2n) is 7.15. The number of para-hydroxylation sites is 1. The molecule has 3 N–H and O–H groups in total. The van der Waals surface area contributed by atoms with Gasteiger partial charge in [-0.2, -0.15) is 0 Å². The quantitative estimate of drug-likeness (QED) is 0.470. The second-order valence-corrected chi connectivity index (χ2v) is 8.06. The van der Waals surface area contributed by atoms with Crippen molar-refractivity contribution in [1.29, 1.82) is 0 Å². The van der Waals surface area contributed by atoms with Crippen LogP contribution in [-0.2, 0) is 16.0 Å². The molecule has 3 rings (SSSR count). The summed E-state index contributed by atoms with van der Waals surface area (Å²) in [5.74, 6) is -0.730. The maximum absolute atomic E-state index is 12.4. The lowest BCUT2D eigenvalue weighted by atomic mass is 10.0. The Balaban J connectivity index is 1.65. The smallest absolute Gasteiger partial charge is 0.326 e. The standard InChI is InChI=1S/C22H23BrN2O4/c1-13(2)17-10-15(23)7-8-20(17)29-12-21(26)25-19(22(27)28)9-14-11-24-18-6-4-3-5-16(14)18/h3-8,10-11,13,19,24H,9,12H2,1-2H3,(H,25,26)(H,27,28). The van der Waals surface area contributed by atoms with Gasteiger partial charge >= 0.3 is 5.97 Å². The van der Waals surface area contributed by atoms with E-state index in [-0.39, 0.29) is 18.9 Å². The Morgan fingerprint density at radius 1 is 1.21 bits per heavy atom. The molecule has 3 aromatic rings. The number of fused-ring (bicyclic) bond motifs is 1. The molecule has 0 bridgehead atoms. The molecule has 1 unspecified atom stereocenters. The third kappa shape index (κ3) is 5.17. The van der Waals surface area contributed by atoms with Gasteiger partial charge in [0.2, 0.25) is 0 Å². The molecule has 6 nitrogen and oxygen atoms in total. The monoisotopic (exact) mass is 458 g/mol. The molecule has 152 valence electrons. The Bertz CT molecular complexity index is 1030. The van der Waals surface area contributed by atoms with E-state index in [9.17, 15) is 14.7 Å². The molecule has 0 aliphatic rings. The number of H-pyrrole nitrogens is 1. The van der Waals surface area contributed by atoms with Crippen LogP contribution in [0.2, 0.25) is 0 Å². The molecule has 0 spiro atoms. The van der Waals surface area contributed by atoms with Crippen LogP contribution in [0.1, 0.15) is 30.9 Å². The van der Waals surface area contributed by atoms with E-state index in [1.165, 1.54) is 0 Å². The number of hydrogen-bond donors (Lipinski definition) is 3. The maximum Gasteiger partial charge on any atom is 0.326 e. The third-order valence-electron chi connectivity index (χ3n) is 4.68. The second kappa shape index (κ2) is 9.13. The first-order valence-corrected chi connectivity index (χ1v) is 10.1. The van der Waals surface area contributed by atoms with Gasteiger partial charge in [0, 0.05) is 28.0 Å². The fourth-order valence-electron chi connectivity index (χ4n) is 3.20. The van der Waals surface area contributed by atoms with Gasteiger partial charge in [0.05, 0.1) is 0 Å². The van der Waals surface area contributed by atoms with Gasteiger partial charge in [-0.1, -0.05) is 48.0 Å². The predicted molar refractivity (Wildman–Crippen MR) is 115 cm³/mol. The highest BCUT2D eigenvalue weighted by atomic mass is 79.9. The molecule has 1 aromatic heterocycles. The van der Waals surface area contributed by atoms with Gasteiger partial charge in [0.25, 0.3) is 5.91 Å². The van der Waals surface area contributed by atoms with Gasteiger partial charge in [-0.25, -0.2) is 4.79 Å². The van der Waals surface area contributed by atoms with Gasteiger partial charge in [-0.15, -0.1) is 0 Å². The minimum Gasteiger partial charge on any atom is -0.483 e. The number of hydrogen-bond acceptors (Lipinski definition) is 3. The number of carbonyl (C=O) groups is 2. The molecule has 29 heavy (non-hydrogen) atoms. The van der Waals surface area contributed by atoms with Crippen LogP contribution in [-0.4, -0.2) is 34.6 Å². The summed E-state index contributed by atoms with van der Waals surface area (Å²) in [6.45, 7) is 3.83. The number of rotatable bonds is 8. The minimum atomic E-state index is -1.09. The first-order valence-electron chi connectivity index (χ1n) is 9.34. The summed E-state index contributed by atoms with van der Waals surface area (Å²) in [4.78, 5) is 27.2. The molecule has 1 atom stereocenters. The van der Waals surface area contributed by atoms with Crippen molar-refractivity contribution in [3.63, 3.8) is 0 Å². The van der Waals surface area contributed by atoms with Crippen LogP contribution in [0.15, 0.2) is 53.1 Å². The molecule has 0 saturated heterocycles. The molecule has 0 fully saturated rings. The Labute approximate surface area is 177 Å². The Morgan fingerprint density at radius 2 is 1.97 bits per heavy atom. The molecule has 0 aliphatic heterocycles. The van der Waals surface area contributed by atoms with Crippen LogP contribution in [0.5, 0.6) is 5.75 Å². The topological polar surface area (TPSA) is 91.4 Å². The first kappa shape index (κ1) is 20.9. The SMILES string of the molecule is CC(C)c1cc(Br)ccc1OCC(=O)NC(Cc1c[nH]c2ccccc12)C(=O)O. The van der Waals surface area contributed by atoms with Crippen LogP contribution < -0.4 is 10.1 Å². The van der Waals surface area contributed by atoms with E-state index in [1.807, 2.05) is 50.2 Å². The average molecular weight is 459 g/mol. The summed E-state index contributed by atoms with van der Waals surface area (Å²) in [6, 6.07) is 12.2. The van der Waals surface area contributed by atoms with E-state index in [0.29, 0.717) is 5.75 Å². The Hall–Kier alpha value is -2.80. The molecule has 2 aromatic carbocycles. The minimum absolute atomic E-state index is 0.181. The number of aliphatic carboxylic acids is 1. The predicted octanol–water partition coefficient (Wildman–Crippen LogP) is 4.24. The molecular weight excluding hydrogens is 436 g/mol. The number of halogens is 1. The van der Waals surface area contributed by atoms with Crippen LogP contribution >= 0.6 is 15.9 Å². The van der Waals surface area contributed by atoms with E-state index in [1.54, 1.807) is 12.3 Å². The van der Waals surface area contributed by atoms with Crippen LogP contribution in [0, 0.1) is 0 Å². The number of carboxylic acid groups (broad SMARTS) is 1. The highest BCUT2D eigenvalue weighted by Gasteiger charge is 2.22. The van der Waals surface area contributed by atoms with E-state index in [0.717, 1.165) is 26.5 Å². The Kier molecular flexibility index (Phi) is 6.59. The van der Waals surface area contributed by atoms with Crippen molar-refractivity contribution >= 4 is 38.7 Å². The van der Waals surface area contributed by atoms with Crippen LogP contribution in [0.4, 0.5) is 0 Å². The van der Waals surface area contributed by atoms with Crippen molar-refractivity contribution < 1.29 is 19.4 Å². The number of carbonyl (C=O) groups excluding carboxylic acids is 1. The Morgan fingerprint density at radius 3 is 2.69 bits per heavy atom. The zero-order valence-electron chi connectivity index (χ0n) is 16.2. The van der Waals surface area contributed by atoms with Crippen LogP contribution in [0.25, 0.3) is 10.9 Å². The van der Waals surface area contributed by atoms with E-state index < -0.39 is 17.9 Å². The van der Waals surface area contributed by atoms with Crippen molar-refractivity contribution in [2.24, 2.45) is 0 Å². The van der Waals surface area contributed by atoms with E-state index in [2.05, 4.69) is 26.2 Å². The lowest BCUT2D eigenvalue weighted by Crippen LogP contribution is -2.44. The normalized spacial score (nSPS) is 12.1.